The predicted octanol–water partition coefficient (Wildman–Crippen LogP) is 2.24. The smallest absolute Gasteiger partial charge is 0.359 e. The molecule has 0 aliphatic carbocycles. The molecule has 0 bridgehead atoms. The number of carboxylic acid groups (broad SMARTS) is 2. The number of para-hydroxylation sites is 1. The van der Waals surface area contributed by atoms with E-state index in [-0.39, 0.29) is 17.6 Å². The van der Waals surface area contributed by atoms with Gasteiger partial charge in [0.1, 0.15) is 5.75 Å². The van der Waals surface area contributed by atoms with E-state index in [4.69, 9.17) is 14.7 Å². The van der Waals surface area contributed by atoms with Crippen molar-refractivity contribution in [3.8, 4) is 11.8 Å². The van der Waals surface area contributed by atoms with Crippen LogP contribution in [0.2, 0.25) is 0 Å². The topological polar surface area (TPSA) is 134 Å². The van der Waals surface area contributed by atoms with Crippen LogP contribution in [-0.4, -0.2) is 41.1 Å². The zero-order chi connectivity index (χ0) is 21.2. The minimum atomic E-state index is -2.85. The van der Waals surface area contributed by atoms with E-state index in [0.29, 0.717) is 0 Å². The van der Waals surface area contributed by atoms with E-state index in [1.165, 1.54) is 43.3 Å². The molecule has 0 fully saturated rings. The Hall–Kier alpha value is -3.70. The molecule has 2 rings (SSSR count). The Labute approximate surface area is 161 Å². The number of carboxylic acids is 2. The van der Waals surface area contributed by atoms with E-state index in [2.05, 4.69) is 0 Å². The van der Waals surface area contributed by atoms with Crippen LogP contribution in [0.4, 0.5) is 0 Å². The van der Waals surface area contributed by atoms with Crippen LogP contribution in [0.5, 0.6) is 5.75 Å². The van der Waals surface area contributed by atoms with Gasteiger partial charge < -0.3 is 19.7 Å². The number of aliphatic carboxylic acids is 2. The zero-order valence-electron chi connectivity index (χ0n) is 15.2. The number of aldehydes is 1. The van der Waals surface area contributed by atoms with Crippen molar-refractivity contribution in [1.82, 2.24) is 0 Å². The summed E-state index contributed by atoms with van der Waals surface area (Å²) in [6, 6.07) is 16.7. The SMILES string of the molecule is CC#N.COC(C(=O)O)(c1ccccc1)C(C=O)(Oc1ccccc1)C(=O)O. The number of carbonyl (C=O) groups is 3. The molecule has 28 heavy (non-hydrogen) atoms. The minimum Gasteiger partial charge on any atom is -0.479 e. The molecular weight excluding hydrogens is 366 g/mol. The number of carbonyl (C=O) groups excluding carboxylic acids is 1. The average Bonchev–Trinajstić information content (AvgIpc) is 2.69. The largest absolute Gasteiger partial charge is 0.479 e. The summed E-state index contributed by atoms with van der Waals surface area (Å²) in [5.74, 6) is -3.46. The molecule has 2 aromatic carbocycles. The maximum atomic E-state index is 12.1. The standard InChI is InChI=1S/C18H16O7.C2H3N/c1-24-18(16(22)23,13-8-4-2-5-9-13)17(12-19,15(20)21)25-14-10-6-3-7-11-14;1-2-3/h2-12H,1H3,(H,20,21)(H,22,23);1H3. The van der Waals surface area contributed by atoms with Gasteiger partial charge in [-0.05, 0) is 12.1 Å². The van der Waals surface area contributed by atoms with Crippen LogP contribution >= 0.6 is 0 Å². The van der Waals surface area contributed by atoms with Gasteiger partial charge in [-0.25, -0.2) is 9.59 Å². The fourth-order valence-corrected chi connectivity index (χ4v) is 2.62. The van der Waals surface area contributed by atoms with Crippen LogP contribution in [0, 0.1) is 11.3 Å². The molecule has 2 atom stereocenters. The lowest BCUT2D eigenvalue weighted by Crippen LogP contribution is -2.66. The van der Waals surface area contributed by atoms with Crippen LogP contribution in [0.1, 0.15) is 12.5 Å². The fraction of sp³-hybridized carbons (Fsp3) is 0.200. The van der Waals surface area contributed by atoms with Crippen molar-refractivity contribution in [1.29, 1.82) is 5.26 Å². The van der Waals surface area contributed by atoms with Gasteiger partial charge in [0.2, 0.25) is 5.60 Å². The molecule has 8 heteroatoms. The number of benzene rings is 2. The number of nitrogens with zero attached hydrogens (tertiary/aromatic N) is 1. The molecule has 0 saturated carbocycles. The van der Waals surface area contributed by atoms with E-state index in [0.717, 1.165) is 7.11 Å². The molecule has 146 valence electrons. The first-order valence-electron chi connectivity index (χ1n) is 7.95. The monoisotopic (exact) mass is 385 g/mol. The quantitative estimate of drug-likeness (QED) is 0.522. The lowest BCUT2D eigenvalue weighted by molar-refractivity contribution is -0.206. The van der Waals surface area contributed by atoms with E-state index < -0.39 is 23.1 Å². The van der Waals surface area contributed by atoms with Gasteiger partial charge in [0, 0.05) is 19.6 Å². The summed E-state index contributed by atoms with van der Waals surface area (Å²) in [5, 5.41) is 26.9. The van der Waals surface area contributed by atoms with Gasteiger partial charge in [-0.2, -0.15) is 5.26 Å². The molecular formula is C20H19NO7. The summed E-state index contributed by atoms with van der Waals surface area (Å²) in [5.41, 5.74) is -5.50. The van der Waals surface area contributed by atoms with Gasteiger partial charge in [-0.1, -0.05) is 48.5 Å². The van der Waals surface area contributed by atoms with Crippen molar-refractivity contribution in [3.05, 3.63) is 66.2 Å². The molecule has 0 spiro atoms. The molecule has 0 saturated heterocycles. The van der Waals surface area contributed by atoms with Crippen molar-refractivity contribution in [3.63, 3.8) is 0 Å². The van der Waals surface area contributed by atoms with Crippen molar-refractivity contribution in [2.45, 2.75) is 18.1 Å². The van der Waals surface area contributed by atoms with Crippen LogP contribution in [-0.2, 0) is 24.7 Å². The number of rotatable bonds is 8. The van der Waals surface area contributed by atoms with Crippen LogP contribution in [0.3, 0.4) is 0 Å². The zero-order valence-corrected chi connectivity index (χ0v) is 15.2. The van der Waals surface area contributed by atoms with Crippen molar-refractivity contribution in [2.75, 3.05) is 7.11 Å². The molecule has 0 aromatic heterocycles. The molecule has 0 aliphatic heterocycles. The van der Waals surface area contributed by atoms with Gasteiger partial charge >= 0.3 is 17.5 Å². The molecule has 0 heterocycles. The van der Waals surface area contributed by atoms with Gasteiger partial charge in [0.25, 0.3) is 0 Å². The predicted molar refractivity (Wildman–Crippen MR) is 97.6 cm³/mol. The van der Waals surface area contributed by atoms with Crippen molar-refractivity contribution < 1.29 is 34.1 Å². The number of hydrogen-bond acceptors (Lipinski definition) is 6. The number of methoxy groups -OCH3 is 1. The Morgan fingerprint density at radius 2 is 1.46 bits per heavy atom. The molecule has 2 unspecified atom stereocenters. The van der Waals surface area contributed by atoms with E-state index in [9.17, 15) is 24.6 Å². The van der Waals surface area contributed by atoms with Gasteiger partial charge in [0.05, 0.1) is 6.07 Å². The summed E-state index contributed by atoms with van der Waals surface area (Å²) < 4.78 is 10.6. The van der Waals surface area contributed by atoms with Crippen LogP contribution < -0.4 is 4.74 Å². The third-order valence-corrected chi connectivity index (χ3v) is 3.82. The summed E-state index contributed by atoms with van der Waals surface area (Å²) >= 11 is 0. The maximum Gasteiger partial charge on any atom is 0.359 e. The summed E-state index contributed by atoms with van der Waals surface area (Å²) in [7, 11) is 1.01. The second-order valence-corrected chi connectivity index (χ2v) is 5.35. The Bertz CT molecular complexity index is 848. The van der Waals surface area contributed by atoms with Gasteiger partial charge in [-0.15, -0.1) is 0 Å². The molecule has 0 radical (unpaired) electrons. The lowest BCUT2D eigenvalue weighted by Gasteiger charge is -2.40. The van der Waals surface area contributed by atoms with E-state index in [1.54, 1.807) is 30.3 Å². The Balaban J connectivity index is 0.00000122. The highest BCUT2D eigenvalue weighted by molar-refractivity contribution is 6.05. The van der Waals surface area contributed by atoms with Crippen molar-refractivity contribution >= 4 is 18.2 Å². The highest BCUT2D eigenvalue weighted by Gasteiger charge is 2.67. The van der Waals surface area contributed by atoms with Crippen LogP contribution in [0.15, 0.2) is 60.7 Å². The first kappa shape index (κ1) is 22.3. The Morgan fingerprint density at radius 3 is 1.82 bits per heavy atom. The first-order valence-corrected chi connectivity index (χ1v) is 7.95. The number of hydrogen-bond donors (Lipinski definition) is 2. The lowest BCUT2D eigenvalue weighted by atomic mass is 9.77. The third kappa shape index (κ3) is 4.00. The van der Waals surface area contributed by atoms with Crippen molar-refractivity contribution in [2.24, 2.45) is 0 Å². The summed E-state index contributed by atoms with van der Waals surface area (Å²) in [6.45, 7) is 1.43. The fourth-order valence-electron chi connectivity index (χ4n) is 2.62. The molecule has 8 nitrogen and oxygen atoms in total. The maximum absolute atomic E-state index is 12.1. The van der Waals surface area contributed by atoms with E-state index in [1.807, 2.05) is 0 Å². The molecule has 0 aliphatic rings. The highest BCUT2D eigenvalue weighted by Crippen LogP contribution is 2.39. The third-order valence-electron chi connectivity index (χ3n) is 3.82. The number of nitriles is 1. The summed E-state index contributed by atoms with van der Waals surface area (Å²) in [4.78, 5) is 36.1. The summed E-state index contributed by atoms with van der Waals surface area (Å²) in [6.07, 6.45) is -0.0625. The normalized spacial score (nSPS) is 14.0. The molecule has 2 aromatic rings. The molecule has 2 N–H and O–H groups in total. The second kappa shape index (κ2) is 9.85. The van der Waals surface area contributed by atoms with E-state index >= 15 is 0 Å². The minimum absolute atomic E-state index is 0.00982. The van der Waals surface area contributed by atoms with Gasteiger partial charge in [0.15, 0.2) is 6.29 Å². The van der Waals surface area contributed by atoms with Crippen LogP contribution in [0.25, 0.3) is 0 Å². The second-order valence-electron chi connectivity index (χ2n) is 5.35. The van der Waals surface area contributed by atoms with Gasteiger partial charge in [-0.3, -0.25) is 4.79 Å². The molecule has 0 amide bonds. The highest BCUT2D eigenvalue weighted by atomic mass is 16.6. The first-order chi connectivity index (χ1) is 13.4. The average molecular weight is 385 g/mol. The number of ether oxygens (including phenoxy) is 2. The Morgan fingerprint density at radius 1 is 1.00 bits per heavy atom. The Kier molecular flexibility index (Phi) is 7.86.